The number of primary amides is 1. The summed E-state index contributed by atoms with van der Waals surface area (Å²) in [6, 6.07) is -0.770. The Labute approximate surface area is 162 Å². The number of carbonyl (C=O) groups excluding carboxylic acids is 3. The smallest absolute Gasteiger partial charge is 0.324 e. The summed E-state index contributed by atoms with van der Waals surface area (Å²) in [4.78, 5) is 34.8. The van der Waals surface area contributed by atoms with Gasteiger partial charge in [0.25, 0.3) is 0 Å². The summed E-state index contributed by atoms with van der Waals surface area (Å²) >= 11 is 0. The van der Waals surface area contributed by atoms with Crippen LogP contribution in [-0.4, -0.2) is 67.8 Å². The van der Waals surface area contributed by atoms with Gasteiger partial charge in [-0.25, -0.2) is 0 Å². The van der Waals surface area contributed by atoms with E-state index in [0.29, 0.717) is 26.2 Å². The van der Waals surface area contributed by atoms with Crippen molar-refractivity contribution >= 4 is 17.8 Å². The number of nitrogens with two attached hydrogens (primary N) is 1. The molecular formula is C18H36N4O5. The lowest BCUT2D eigenvalue weighted by molar-refractivity contribution is -0.158. The van der Waals surface area contributed by atoms with E-state index in [1.54, 1.807) is 20.8 Å². The Morgan fingerprint density at radius 1 is 0.852 bits per heavy atom. The predicted octanol–water partition coefficient (Wildman–Crippen LogP) is -0.317. The van der Waals surface area contributed by atoms with E-state index >= 15 is 0 Å². The molecule has 0 bridgehead atoms. The predicted molar refractivity (Wildman–Crippen MR) is 103 cm³/mol. The molecule has 0 aliphatic heterocycles. The van der Waals surface area contributed by atoms with Crippen molar-refractivity contribution in [3.8, 4) is 0 Å². The number of carbonyl (C=O) groups is 3. The second-order valence-electron chi connectivity index (χ2n) is 8.22. The van der Waals surface area contributed by atoms with Crippen LogP contribution in [0.4, 0.5) is 0 Å². The van der Waals surface area contributed by atoms with Gasteiger partial charge in [-0.2, -0.15) is 0 Å². The summed E-state index contributed by atoms with van der Waals surface area (Å²) in [5, 5.41) is 9.12. The fourth-order valence-electron chi connectivity index (χ4n) is 2.02. The first-order valence-electron chi connectivity index (χ1n) is 9.18. The van der Waals surface area contributed by atoms with Crippen LogP contribution in [0.25, 0.3) is 0 Å². The number of hydrogen-bond donors (Lipinski definition) is 4. The van der Waals surface area contributed by atoms with Gasteiger partial charge < -0.3 is 31.2 Å². The molecule has 27 heavy (non-hydrogen) atoms. The lowest BCUT2D eigenvalue weighted by atomic mass is 10.1. The van der Waals surface area contributed by atoms with Crippen LogP contribution in [0, 0.1) is 0 Å². The third-order valence-electron chi connectivity index (χ3n) is 2.96. The molecule has 0 aromatic heterocycles. The molecule has 1 atom stereocenters. The largest absolute Gasteiger partial charge is 0.459 e. The summed E-state index contributed by atoms with van der Waals surface area (Å²) in [5.41, 5.74) is 4.07. The number of esters is 2. The SMILES string of the molecule is CC(C)(C)OC(=O)CNCCNCCNC(CC(N)=O)C(=O)OC(C)(C)C. The fourth-order valence-corrected chi connectivity index (χ4v) is 2.02. The van der Waals surface area contributed by atoms with Crippen LogP contribution in [0.5, 0.6) is 0 Å². The maximum atomic E-state index is 12.1. The van der Waals surface area contributed by atoms with Crippen molar-refractivity contribution < 1.29 is 23.9 Å². The second-order valence-corrected chi connectivity index (χ2v) is 8.22. The third-order valence-corrected chi connectivity index (χ3v) is 2.96. The van der Waals surface area contributed by atoms with Crippen LogP contribution in [0.1, 0.15) is 48.0 Å². The maximum Gasteiger partial charge on any atom is 0.324 e. The van der Waals surface area contributed by atoms with Gasteiger partial charge in [0, 0.05) is 26.2 Å². The molecule has 0 radical (unpaired) electrons. The number of hydrogen-bond acceptors (Lipinski definition) is 8. The van der Waals surface area contributed by atoms with Crippen molar-refractivity contribution in [3.05, 3.63) is 0 Å². The van der Waals surface area contributed by atoms with E-state index < -0.39 is 29.1 Å². The molecule has 0 fully saturated rings. The Morgan fingerprint density at radius 2 is 1.37 bits per heavy atom. The van der Waals surface area contributed by atoms with Crippen LogP contribution in [-0.2, 0) is 23.9 Å². The minimum absolute atomic E-state index is 0.119. The highest BCUT2D eigenvalue weighted by Gasteiger charge is 2.26. The summed E-state index contributed by atoms with van der Waals surface area (Å²) in [6.07, 6.45) is -0.119. The fraction of sp³-hybridized carbons (Fsp3) is 0.833. The van der Waals surface area contributed by atoms with Gasteiger partial charge in [0.1, 0.15) is 17.2 Å². The summed E-state index contributed by atoms with van der Waals surface area (Å²) in [6.45, 7) is 13.2. The topological polar surface area (TPSA) is 132 Å². The summed E-state index contributed by atoms with van der Waals surface area (Å²) in [5.74, 6) is -1.37. The first-order chi connectivity index (χ1) is 12.3. The zero-order valence-electron chi connectivity index (χ0n) is 17.4. The molecule has 9 heteroatoms. The van der Waals surface area contributed by atoms with Crippen molar-refractivity contribution in [2.24, 2.45) is 5.73 Å². The zero-order valence-corrected chi connectivity index (χ0v) is 17.4. The number of rotatable bonds is 12. The Bertz CT molecular complexity index is 483. The van der Waals surface area contributed by atoms with E-state index in [1.165, 1.54) is 0 Å². The Kier molecular flexibility index (Phi) is 11.1. The van der Waals surface area contributed by atoms with Gasteiger partial charge in [0.2, 0.25) is 5.91 Å². The molecule has 0 heterocycles. The van der Waals surface area contributed by atoms with Crippen LogP contribution in [0.15, 0.2) is 0 Å². The molecule has 9 nitrogen and oxygen atoms in total. The normalized spacial score (nSPS) is 13.1. The van der Waals surface area contributed by atoms with Gasteiger partial charge in [0.05, 0.1) is 13.0 Å². The molecule has 0 aliphatic rings. The van der Waals surface area contributed by atoms with Crippen LogP contribution < -0.4 is 21.7 Å². The molecule has 0 saturated heterocycles. The minimum atomic E-state index is -0.770. The molecule has 0 aromatic carbocycles. The van der Waals surface area contributed by atoms with E-state index in [2.05, 4.69) is 16.0 Å². The van der Waals surface area contributed by atoms with E-state index in [-0.39, 0.29) is 18.9 Å². The lowest BCUT2D eigenvalue weighted by Crippen LogP contribution is -2.46. The standard InChI is InChI=1S/C18H36N4O5/c1-17(2,3)26-15(24)12-21-8-7-20-9-10-22-13(11-14(19)23)16(25)27-18(4,5)6/h13,20-22H,7-12H2,1-6H3,(H2,19,23). The Balaban J connectivity index is 3.96. The molecule has 0 rings (SSSR count). The highest BCUT2D eigenvalue weighted by atomic mass is 16.6. The van der Waals surface area contributed by atoms with Crippen LogP contribution >= 0.6 is 0 Å². The molecule has 1 amide bonds. The monoisotopic (exact) mass is 388 g/mol. The van der Waals surface area contributed by atoms with Gasteiger partial charge in [-0.15, -0.1) is 0 Å². The van der Waals surface area contributed by atoms with Gasteiger partial charge >= 0.3 is 11.9 Å². The van der Waals surface area contributed by atoms with Gasteiger partial charge in [-0.05, 0) is 41.5 Å². The molecule has 5 N–H and O–H groups in total. The summed E-state index contributed by atoms with van der Waals surface area (Å²) < 4.78 is 10.5. The van der Waals surface area contributed by atoms with Crippen LogP contribution in [0.2, 0.25) is 0 Å². The summed E-state index contributed by atoms with van der Waals surface area (Å²) in [7, 11) is 0. The van der Waals surface area contributed by atoms with E-state index in [4.69, 9.17) is 15.2 Å². The maximum absolute atomic E-state index is 12.1. The molecule has 0 spiro atoms. The van der Waals surface area contributed by atoms with Gasteiger partial charge in [-0.1, -0.05) is 0 Å². The number of nitrogens with one attached hydrogen (secondary N) is 3. The molecule has 158 valence electrons. The van der Waals surface area contributed by atoms with Crippen molar-refractivity contribution in [2.45, 2.75) is 65.2 Å². The molecule has 1 unspecified atom stereocenters. The second kappa shape index (κ2) is 11.9. The highest BCUT2D eigenvalue weighted by Crippen LogP contribution is 2.09. The zero-order chi connectivity index (χ0) is 21.1. The lowest BCUT2D eigenvalue weighted by Gasteiger charge is -2.24. The highest BCUT2D eigenvalue weighted by molar-refractivity contribution is 5.84. The van der Waals surface area contributed by atoms with E-state index in [1.807, 2.05) is 20.8 Å². The minimum Gasteiger partial charge on any atom is -0.459 e. The third kappa shape index (κ3) is 16.2. The quantitative estimate of drug-likeness (QED) is 0.264. The van der Waals surface area contributed by atoms with Crippen molar-refractivity contribution in [3.63, 3.8) is 0 Å². The number of ether oxygens (including phenoxy) is 2. The first-order valence-corrected chi connectivity index (χ1v) is 9.18. The number of amides is 1. The Hall–Kier alpha value is -1.71. The van der Waals surface area contributed by atoms with E-state index in [9.17, 15) is 14.4 Å². The Morgan fingerprint density at radius 3 is 1.89 bits per heavy atom. The molecule has 0 aromatic rings. The van der Waals surface area contributed by atoms with Gasteiger partial charge in [0.15, 0.2) is 0 Å². The first kappa shape index (κ1) is 25.3. The van der Waals surface area contributed by atoms with Crippen molar-refractivity contribution in [1.29, 1.82) is 0 Å². The molecule has 0 aliphatic carbocycles. The van der Waals surface area contributed by atoms with Crippen molar-refractivity contribution in [2.75, 3.05) is 32.7 Å². The van der Waals surface area contributed by atoms with Crippen molar-refractivity contribution in [1.82, 2.24) is 16.0 Å². The van der Waals surface area contributed by atoms with E-state index in [0.717, 1.165) is 0 Å². The average molecular weight is 389 g/mol. The molecular weight excluding hydrogens is 352 g/mol. The molecule has 0 saturated carbocycles. The van der Waals surface area contributed by atoms with Crippen LogP contribution in [0.3, 0.4) is 0 Å². The van der Waals surface area contributed by atoms with Gasteiger partial charge in [-0.3, -0.25) is 14.4 Å². The average Bonchev–Trinajstić information content (AvgIpc) is 2.44.